The fraction of sp³-hybridized carbons (Fsp3) is 0.471. The second kappa shape index (κ2) is 6.40. The minimum Gasteiger partial charge on any atom is -0.339 e. The van der Waals surface area contributed by atoms with Gasteiger partial charge in [-0.25, -0.2) is 0 Å². The molecule has 0 spiro atoms. The van der Waals surface area contributed by atoms with Crippen LogP contribution >= 0.6 is 0 Å². The fourth-order valence-electron chi connectivity index (χ4n) is 3.08. The normalized spacial score (nSPS) is 17.0. The second-order valence-electron chi connectivity index (χ2n) is 6.02. The number of nitrogens with zero attached hydrogens (tertiary/aromatic N) is 2. The van der Waals surface area contributed by atoms with Crippen LogP contribution in [-0.2, 0) is 16.0 Å². The van der Waals surface area contributed by atoms with Crippen molar-refractivity contribution in [2.24, 2.45) is 0 Å². The molecule has 122 valence electrons. The minimum absolute atomic E-state index is 0.0326. The van der Waals surface area contributed by atoms with Crippen molar-refractivity contribution in [3.63, 3.8) is 0 Å². The maximum absolute atomic E-state index is 12.6. The predicted molar refractivity (Wildman–Crippen MR) is 86.2 cm³/mol. The molecule has 1 N–H and O–H groups in total. The van der Waals surface area contributed by atoms with Gasteiger partial charge in [0.2, 0.25) is 11.8 Å². The van der Waals surface area contributed by atoms with Crippen molar-refractivity contribution >= 4 is 23.4 Å². The molecule has 1 aromatic carbocycles. The molecule has 2 aliphatic rings. The molecule has 3 rings (SSSR count). The smallest absolute Gasteiger partial charge is 0.253 e. The summed E-state index contributed by atoms with van der Waals surface area (Å²) in [5.74, 6) is 0.101. The number of carbonyl (C=O) groups excluding carboxylic acids is 3. The number of carbonyl (C=O) groups is 3. The van der Waals surface area contributed by atoms with Crippen LogP contribution in [-0.4, -0.2) is 53.7 Å². The van der Waals surface area contributed by atoms with Gasteiger partial charge >= 0.3 is 0 Å². The Labute approximate surface area is 135 Å². The summed E-state index contributed by atoms with van der Waals surface area (Å²) in [5.41, 5.74) is 2.27. The highest BCUT2D eigenvalue weighted by Crippen LogP contribution is 2.24. The highest BCUT2D eigenvalue weighted by molar-refractivity contribution is 6.01. The summed E-state index contributed by atoms with van der Waals surface area (Å²) in [6.45, 7) is 4.29. The first-order chi connectivity index (χ1) is 11.1. The molecule has 2 aliphatic heterocycles. The van der Waals surface area contributed by atoms with Gasteiger partial charge in [-0.05, 0) is 30.2 Å². The SMILES string of the molecule is CCCC(=O)N1CCN(C(=O)c2ccc3c(c2)CC(=O)N3)CC1. The van der Waals surface area contributed by atoms with Gasteiger partial charge in [0.05, 0.1) is 6.42 Å². The molecule has 1 aromatic rings. The van der Waals surface area contributed by atoms with E-state index >= 15 is 0 Å². The molecule has 3 amide bonds. The molecule has 0 radical (unpaired) electrons. The van der Waals surface area contributed by atoms with Crippen LogP contribution in [0.2, 0.25) is 0 Å². The zero-order valence-electron chi connectivity index (χ0n) is 13.3. The Morgan fingerprint density at radius 1 is 1.13 bits per heavy atom. The van der Waals surface area contributed by atoms with Gasteiger partial charge < -0.3 is 15.1 Å². The quantitative estimate of drug-likeness (QED) is 0.913. The van der Waals surface area contributed by atoms with Crippen LogP contribution in [0.15, 0.2) is 18.2 Å². The van der Waals surface area contributed by atoms with Crippen LogP contribution < -0.4 is 5.32 Å². The average Bonchev–Trinajstić information content (AvgIpc) is 2.93. The van der Waals surface area contributed by atoms with Crippen LogP contribution in [0.4, 0.5) is 5.69 Å². The molecule has 0 atom stereocenters. The molecule has 1 saturated heterocycles. The van der Waals surface area contributed by atoms with Gasteiger partial charge in [-0.3, -0.25) is 14.4 Å². The molecule has 6 nitrogen and oxygen atoms in total. The van der Waals surface area contributed by atoms with E-state index in [1.807, 2.05) is 11.8 Å². The molecule has 0 aromatic heterocycles. The molecule has 0 aliphatic carbocycles. The molecule has 2 heterocycles. The molecule has 23 heavy (non-hydrogen) atoms. The van der Waals surface area contributed by atoms with Crippen LogP contribution in [0.25, 0.3) is 0 Å². The Morgan fingerprint density at radius 3 is 2.52 bits per heavy atom. The van der Waals surface area contributed by atoms with E-state index in [0.29, 0.717) is 44.6 Å². The molecular formula is C17H21N3O3. The maximum Gasteiger partial charge on any atom is 0.253 e. The van der Waals surface area contributed by atoms with Gasteiger partial charge in [0.1, 0.15) is 0 Å². The topological polar surface area (TPSA) is 69.7 Å². The van der Waals surface area contributed by atoms with Crippen molar-refractivity contribution in [2.75, 3.05) is 31.5 Å². The van der Waals surface area contributed by atoms with Crippen LogP contribution in [0, 0.1) is 0 Å². The lowest BCUT2D eigenvalue weighted by molar-refractivity contribution is -0.132. The van der Waals surface area contributed by atoms with Gasteiger partial charge in [-0.1, -0.05) is 6.92 Å². The van der Waals surface area contributed by atoms with Crippen molar-refractivity contribution < 1.29 is 14.4 Å². The summed E-state index contributed by atoms with van der Waals surface area (Å²) in [6, 6.07) is 5.33. The standard InChI is InChI=1S/C17H21N3O3/c1-2-3-16(22)19-6-8-20(9-7-19)17(23)12-4-5-14-13(10-12)11-15(21)18-14/h4-5,10H,2-3,6-9,11H2,1H3,(H,18,21). The first-order valence-corrected chi connectivity index (χ1v) is 8.08. The summed E-state index contributed by atoms with van der Waals surface area (Å²) in [6.07, 6.45) is 1.75. The number of benzene rings is 1. The predicted octanol–water partition coefficient (Wildman–Crippen LogP) is 1.27. The number of hydrogen-bond donors (Lipinski definition) is 1. The number of hydrogen-bond acceptors (Lipinski definition) is 3. The Morgan fingerprint density at radius 2 is 1.83 bits per heavy atom. The number of nitrogens with one attached hydrogen (secondary N) is 1. The number of rotatable bonds is 3. The summed E-state index contributed by atoms with van der Waals surface area (Å²) < 4.78 is 0. The number of anilines is 1. The van der Waals surface area contributed by atoms with Gasteiger partial charge in [0.25, 0.3) is 5.91 Å². The second-order valence-corrected chi connectivity index (χ2v) is 6.02. The van der Waals surface area contributed by atoms with E-state index in [4.69, 9.17) is 0 Å². The van der Waals surface area contributed by atoms with Gasteiger partial charge in [-0.2, -0.15) is 0 Å². The lowest BCUT2D eigenvalue weighted by Crippen LogP contribution is -2.50. The molecule has 1 fully saturated rings. The number of amides is 3. The van der Waals surface area contributed by atoms with Gasteiger partial charge in [0.15, 0.2) is 0 Å². The largest absolute Gasteiger partial charge is 0.339 e. The molecule has 0 saturated carbocycles. The fourth-order valence-corrected chi connectivity index (χ4v) is 3.08. The van der Waals surface area contributed by atoms with Crippen molar-refractivity contribution in [1.29, 1.82) is 0 Å². The first kappa shape index (κ1) is 15.5. The highest BCUT2D eigenvalue weighted by Gasteiger charge is 2.26. The van der Waals surface area contributed by atoms with Crippen molar-refractivity contribution in [3.05, 3.63) is 29.3 Å². The number of fused-ring (bicyclic) bond motifs is 1. The minimum atomic E-state index is -0.0346. The Balaban J connectivity index is 1.63. The lowest BCUT2D eigenvalue weighted by atomic mass is 10.1. The average molecular weight is 315 g/mol. The van der Waals surface area contributed by atoms with E-state index in [-0.39, 0.29) is 17.7 Å². The van der Waals surface area contributed by atoms with Gasteiger partial charge in [-0.15, -0.1) is 0 Å². The van der Waals surface area contributed by atoms with Crippen molar-refractivity contribution in [2.45, 2.75) is 26.2 Å². The maximum atomic E-state index is 12.6. The summed E-state index contributed by atoms with van der Waals surface area (Å²) in [5, 5.41) is 2.77. The summed E-state index contributed by atoms with van der Waals surface area (Å²) >= 11 is 0. The third kappa shape index (κ3) is 3.21. The number of piperazine rings is 1. The zero-order chi connectivity index (χ0) is 16.4. The monoisotopic (exact) mass is 315 g/mol. The van der Waals surface area contributed by atoms with E-state index in [0.717, 1.165) is 17.7 Å². The molecular weight excluding hydrogens is 294 g/mol. The molecule has 0 unspecified atom stereocenters. The Hall–Kier alpha value is -2.37. The summed E-state index contributed by atoms with van der Waals surface area (Å²) in [4.78, 5) is 39.5. The summed E-state index contributed by atoms with van der Waals surface area (Å²) in [7, 11) is 0. The highest BCUT2D eigenvalue weighted by atomic mass is 16.2. The van der Waals surface area contributed by atoms with Crippen LogP contribution in [0.5, 0.6) is 0 Å². The van der Waals surface area contributed by atoms with E-state index in [9.17, 15) is 14.4 Å². The third-order valence-electron chi connectivity index (χ3n) is 4.36. The third-order valence-corrected chi connectivity index (χ3v) is 4.36. The first-order valence-electron chi connectivity index (χ1n) is 8.08. The Bertz CT molecular complexity index is 648. The zero-order valence-corrected chi connectivity index (χ0v) is 13.3. The lowest BCUT2D eigenvalue weighted by Gasteiger charge is -2.35. The van der Waals surface area contributed by atoms with Crippen LogP contribution in [0.3, 0.4) is 0 Å². The van der Waals surface area contributed by atoms with E-state index < -0.39 is 0 Å². The Kier molecular flexibility index (Phi) is 4.32. The van der Waals surface area contributed by atoms with E-state index in [1.54, 1.807) is 23.1 Å². The van der Waals surface area contributed by atoms with Crippen LogP contribution in [0.1, 0.15) is 35.7 Å². The molecule has 0 bridgehead atoms. The van der Waals surface area contributed by atoms with Gasteiger partial charge in [0, 0.05) is 43.9 Å². The van der Waals surface area contributed by atoms with E-state index in [1.165, 1.54) is 0 Å². The van der Waals surface area contributed by atoms with Crippen molar-refractivity contribution in [3.8, 4) is 0 Å². The van der Waals surface area contributed by atoms with Crippen molar-refractivity contribution in [1.82, 2.24) is 9.80 Å². The molecule has 6 heteroatoms. The van der Waals surface area contributed by atoms with E-state index in [2.05, 4.69) is 5.32 Å².